The van der Waals surface area contributed by atoms with Gasteiger partial charge in [0.2, 0.25) is 5.95 Å². The maximum absolute atomic E-state index is 10.7. The summed E-state index contributed by atoms with van der Waals surface area (Å²) in [5.74, 6) is 0.651. The maximum atomic E-state index is 10.7. The lowest BCUT2D eigenvalue weighted by Gasteiger charge is -2.02. The number of nitrogens with one attached hydrogen (secondary N) is 2. The van der Waals surface area contributed by atoms with Gasteiger partial charge in [-0.15, -0.1) is 0 Å². The summed E-state index contributed by atoms with van der Waals surface area (Å²) in [4.78, 5) is 17.8. The van der Waals surface area contributed by atoms with Gasteiger partial charge in [-0.25, -0.2) is 4.98 Å². The number of nitro groups is 1. The Balaban J connectivity index is 1.75. The van der Waals surface area contributed by atoms with Crippen molar-refractivity contribution in [3.8, 4) is 0 Å². The van der Waals surface area contributed by atoms with E-state index in [9.17, 15) is 10.1 Å². The third-order valence-electron chi connectivity index (χ3n) is 2.97. The molecule has 0 aliphatic rings. The lowest BCUT2D eigenvalue weighted by Crippen LogP contribution is -2.01. The van der Waals surface area contributed by atoms with Crippen LogP contribution in [0.25, 0.3) is 11.0 Å². The molecule has 2 aromatic carbocycles. The van der Waals surface area contributed by atoms with Crippen LogP contribution in [-0.4, -0.2) is 14.9 Å². The van der Waals surface area contributed by atoms with Crippen molar-refractivity contribution in [1.29, 1.82) is 0 Å². The Bertz CT molecular complexity index is 733. The lowest BCUT2D eigenvalue weighted by atomic mass is 10.2. The molecule has 0 fully saturated rings. The van der Waals surface area contributed by atoms with Crippen LogP contribution in [-0.2, 0) is 6.54 Å². The number of fused-ring (bicyclic) bond motifs is 1. The van der Waals surface area contributed by atoms with Gasteiger partial charge < -0.3 is 10.3 Å². The Morgan fingerprint density at radius 1 is 1.20 bits per heavy atom. The molecule has 0 radical (unpaired) electrons. The molecular weight excluding hydrogens is 256 g/mol. The fourth-order valence-corrected chi connectivity index (χ4v) is 2.00. The minimum Gasteiger partial charge on any atom is -0.352 e. The van der Waals surface area contributed by atoms with Crippen LogP contribution in [0.1, 0.15) is 5.56 Å². The zero-order valence-electron chi connectivity index (χ0n) is 10.5. The van der Waals surface area contributed by atoms with E-state index in [0.717, 1.165) is 16.6 Å². The van der Waals surface area contributed by atoms with Gasteiger partial charge in [-0.3, -0.25) is 10.1 Å². The predicted octanol–water partition coefficient (Wildman–Crippen LogP) is 3.08. The molecule has 0 bridgehead atoms. The summed E-state index contributed by atoms with van der Waals surface area (Å²) >= 11 is 0. The Hall–Kier alpha value is -2.89. The van der Waals surface area contributed by atoms with Crippen LogP contribution in [0.4, 0.5) is 11.6 Å². The van der Waals surface area contributed by atoms with E-state index in [4.69, 9.17) is 0 Å². The van der Waals surface area contributed by atoms with Crippen LogP contribution in [0.5, 0.6) is 0 Å². The first kappa shape index (κ1) is 12.2. The highest BCUT2D eigenvalue weighted by molar-refractivity contribution is 5.77. The van der Waals surface area contributed by atoms with E-state index in [2.05, 4.69) is 15.3 Å². The van der Waals surface area contributed by atoms with Gasteiger partial charge in [0.25, 0.3) is 5.69 Å². The van der Waals surface area contributed by atoms with Crippen molar-refractivity contribution in [2.24, 2.45) is 0 Å². The molecule has 0 aliphatic carbocycles. The first-order chi connectivity index (χ1) is 9.72. The lowest BCUT2D eigenvalue weighted by molar-refractivity contribution is -0.384. The van der Waals surface area contributed by atoms with E-state index < -0.39 is 4.92 Å². The number of non-ortho nitro benzene ring substituents is 1. The van der Waals surface area contributed by atoms with Gasteiger partial charge in [-0.05, 0) is 17.7 Å². The molecule has 3 aromatic rings. The molecule has 0 spiro atoms. The molecule has 0 saturated carbocycles. The normalized spacial score (nSPS) is 10.6. The standard InChI is InChI=1S/C14H12N4O2/c19-18(20)11-5-3-4-10(8-11)9-15-14-16-12-6-1-2-7-13(12)17-14/h1-8H,9H2,(H2,15,16,17). The van der Waals surface area contributed by atoms with Crippen molar-refractivity contribution in [1.82, 2.24) is 9.97 Å². The number of aromatic nitrogens is 2. The number of para-hydroxylation sites is 2. The summed E-state index contributed by atoms with van der Waals surface area (Å²) in [6.45, 7) is 0.474. The molecule has 100 valence electrons. The Morgan fingerprint density at radius 2 is 2.05 bits per heavy atom. The molecule has 6 heteroatoms. The number of hydrogen-bond donors (Lipinski definition) is 2. The fraction of sp³-hybridized carbons (Fsp3) is 0.0714. The van der Waals surface area contributed by atoms with Gasteiger partial charge in [-0.2, -0.15) is 0 Å². The molecule has 0 saturated heterocycles. The highest BCUT2D eigenvalue weighted by atomic mass is 16.6. The summed E-state index contributed by atoms with van der Waals surface area (Å²) in [6.07, 6.45) is 0. The monoisotopic (exact) mass is 268 g/mol. The van der Waals surface area contributed by atoms with Crippen molar-refractivity contribution in [2.75, 3.05) is 5.32 Å². The highest BCUT2D eigenvalue weighted by Gasteiger charge is 2.06. The molecule has 0 amide bonds. The minimum atomic E-state index is -0.398. The van der Waals surface area contributed by atoms with Crippen LogP contribution >= 0.6 is 0 Å². The number of rotatable bonds is 4. The molecule has 3 rings (SSSR count). The second-order valence-electron chi connectivity index (χ2n) is 4.38. The van der Waals surface area contributed by atoms with Crippen LogP contribution in [0.3, 0.4) is 0 Å². The van der Waals surface area contributed by atoms with Crippen molar-refractivity contribution >= 4 is 22.7 Å². The van der Waals surface area contributed by atoms with E-state index in [0.29, 0.717) is 12.5 Å². The van der Waals surface area contributed by atoms with E-state index in [1.54, 1.807) is 12.1 Å². The predicted molar refractivity (Wildman–Crippen MR) is 76.5 cm³/mol. The van der Waals surface area contributed by atoms with Gasteiger partial charge in [0.1, 0.15) is 0 Å². The molecule has 1 aromatic heterocycles. The van der Waals surface area contributed by atoms with Gasteiger partial charge >= 0.3 is 0 Å². The smallest absolute Gasteiger partial charge is 0.269 e. The second-order valence-corrected chi connectivity index (χ2v) is 4.38. The number of hydrogen-bond acceptors (Lipinski definition) is 4. The van der Waals surface area contributed by atoms with E-state index in [-0.39, 0.29) is 5.69 Å². The molecular formula is C14H12N4O2. The van der Waals surface area contributed by atoms with Gasteiger partial charge in [-0.1, -0.05) is 24.3 Å². The van der Waals surface area contributed by atoms with Crippen molar-refractivity contribution in [3.05, 3.63) is 64.2 Å². The molecule has 2 N–H and O–H groups in total. The Kier molecular flexibility index (Phi) is 3.04. The zero-order valence-corrected chi connectivity index (χ0v) is 10.5. The number of aromatic amines is 1. The largest absolute Gasteiger partial charge is 0.352 e. The van der Waals surface area contributed by atoms with E-state index in [1.807, 2.05) is 30.3 Å². The third-order valence-corrected chi connectivity index (χ3v) is 2.97. The van der Waals surface area contributed by atoms with Crippen LogP contribution in [0.15, 0.2) is 48.5 Å². The quantitative estimate of drug-likeness (QED) is 0.562. The summed E-state index contributed by atoms with van der Waals surface area (Å²) in [5, 5.41) is 13.8. The summed E-state index contributed by atoms with van der Waals surface area (Å²) < 4.78 is 0. The van der Waals surface area contributed by atoms with Gasteiger partial charge in [0, 0.05) is 18.7 Å². The van der Waals surface area contributed by atoms with Gasteiger partial charge in [0.15, 0.2) is 0 Å². The average Bonchev–Trinajstić information content (AvgIpc) is 2.88. The SMILES string of the molecule is O=[N+]([O-])c1cccc(CNc2nc3ccccc3[nH]2)c1. The van der Waals surface area contributed by atoms with Crippen molar-refractivity contribution < 1.29 is 4.92 Å². The summed E-state index contributed by atoms with van der Waals surface area (Å²) in [5.41, 5.74) is 2.76. The summed E-state index contributed by atoms with van der Waals surface area (Å²) in [7, 11) is 0. The van der Waals surface area contributed by atoms with Crippen molar-refractivity contribution in [3.63, 3.8) is 0 Å². The summed E-state index contributed by atoms with van der Waals surface area (Å²) in [6, 6.07) is 14.3. The van der Waals surface area contributed by atoms with Gasteiger partial charge in [0.05, 0.1) is 16.0 Å². The van der Waals surface area contributed by atoms with Crippen LogP contribution < -0.4 is 5.32 Å². The third kappa shape index (κ3) is 2.44. The van der Waals surface area contributed by atoms with Crippen molar-refractivity contribution in [2.45, 2.75) is 6.54 Å². The molecule has 20 heavy (non-hydrogen) atoms. The number of nitrogens with zero attached hydrogens (tertiary/aromatic N) is 2. The number of nitro benzene ring substituents is 1. The van der Waals surface area contributed by atoms with E-state index in [1.165, 1.54) is 6.07 Å². The second kappa shape index (κ2) is 5.00. The molecule has 0 atom stereocenters. The molecule has 6 nitrogen and oxygen atoms in total. The van der Waals surface area contributed by atoms with E-state index >= 15 is 0 Å². The number of H-pyrrole nitrogens is 1. The molecule has 0 unspecified atom stereocenters. The van der Waals surface area contributed by atoms with Crippen LogP contribution in [0.2, 0.25) is 0 Å². The number of imidazole rings is 1. The minimum absolute atomic E-state index is 0.0916. The molecule has 0 aliphatic heterocycles. The highest BCUT2D eigenvalue weighted by Crippen LogP contribution is 2.16. The topological polar surface area (TPSA) is 83.8 Å². The first-order valence-corrected chi connectivity index (χ1v) is 6.14. The first-order valence-electron chi connectivity index (χ1n) is 6.14. The maximum Gasteiger partial charge on any atom is 0.269 e. The Labute approximate surface area is 114 Å². The number of benzene rings is 2. The average molecular weight is 268 g/mol. The number of anilines is 1. The molecule has 1 heterocycles. The van der Waals surface area contributed by atoms with Crippen LogP contribution in [0, 0.1) is 10.1 Å². The zero-order chi connectivity index (χ0) is 13.9. The fourth-order valence-electron chi connectivity index (χ4n) is 2.00. The Morgan fingerprint density at radius 3 is 2.85 bits per heavy atom.